The van der Waals surface area contributed by atoms with E-state index in [2.05, 4.69) is 36.3 Å². The van der Waals surface area contributed by atoms with Crippen molar-refractivity contribution in [3.8, 4) is 17.1 Å². The normalized spacial score (nSPS) is 16.2. The summed E-state index contributed by atoms with van der Waals surface area (Å²) < 4.78 is 9.75. The van der Waals surface area contributed by atoms with E-state index in [-0.39, 0.29) is 17.4 Å². The van der Waals surface area contributed by atoms with E-state index in [0.717, 1.165) is 35.1 Å². The number of nitrogens with zero attached hydrogens (tertiary/aromatic N) is 5. The number of para-hydroxylation sites is 1. The van der Waals surface area contributed by atoms with Gasteiger partial charge in [-0.1, -0.05) is 51.4 Å². The van der Waals surface area contributed by atoms with Crippen molar-refractivity contribution >= 4 is 27.5 Å². The Bertz CT molecular complexity index is 1440. The molecule has 0 aliphatic carbocycles. The molecule has 4 aromatic rings. The first-order chi connectivity index (χ1) is 17.4. The standard InChI is InChI=1S/C26H27BrN6O3/c1-17-23(26(35)33(31(17)2)21-11-4-3-5-12-21)29-25(34)19-9-7-13-32(15-19)16-22-28-24(30-36-22)18-8-6-10-20(27)14-18/h3-6,8,10-12,14,19H,7,9,13,15-16H2,1-2H3,(H,29,34). The van der Waals surface area contributed by atoms with Gasteiger partial charge in [-0.25, -0.2) is 4.68 Å². The molecule has 2 aromatic heterocycles. The van der Waals surface area contributed by atoms with Gasteiger partial charge in [-0.2, -0.15) is 4.98 Å². The molecule has 1 aliphatic rings. The Morgan fingerprint density at radius 1 is 1.19 bits per heavy atom. The first-order valence-corrected chi connectivity index (χ1v) is 12.7. The van der Waals surface area contributed by atoms with Gasteiger partial charge >= 0.3 is 0 Å². The van der Waals surface area contributed by atoms with E-state index in [0.29, 0.717) is 36.2 Å². The predicted octanol–water partition coefficient (Wildman–Crippen LogP) is 4.15. The highest BCUT2D eigenvalue weighted by molar-refractivity contribution is 9.10. The summed E-state index contributed by atoms with van der Waals surface area (Å²) in [5.74, 6) is 0.656. The van der Waals surface area contributed by atoms with E-state index in [1.807, 2.05) is 68.6 Å². The minimum Gasteiger partial charge on any atom is -0.338 e. The Kier molecular flexibility index (Phi) is 6.88. The van der Waals surface area contributed by atoms with E-state index >= 15 is 0 Å². The zero-order chi connectivity index (χ0) is 25.2. The van der Waals surface area contributed by atoms with Crippen LogP contribution < -0.4 is 10.9 Å². The third kappa shape index (κ3) is 4.91. The Morgan fingerprint density at radius 2 is 2.00 bits per heavy atom. The summed E-state index contributed by atoms with van der Waals surface area (Å²) in [6, 6.07) is 17.1. The molecule has 36 heavy (non-hydrogen) atoms. The molecule has 0 saturated carbocycles. The minimum atomic E-state index is -0.242. The van der Waals surface area contributed by atoms with E-state index in [1.165, 1.54) is 0 Å². The lowest BCUT2D eigenvalue weighted by atomic mass is 9.97. The van der Waals surface area contributed by atoms with Crippen molar-refractivity contribution in [3.05, 3.63) is 81.0 Å². The fourth-order valence-electron chi connectivity index (χ4n) is 4.61. The minimum absolute atomic E-state index is 0.147. The van der Waals surface area contributed by atoms with Crippen LogP contribution >= 0.6 is 15.9 Å². The zero-order valence-electron chi connectivity index (χ0n) is 20.1. The molecule has 0 radical (unpaired) electrons. The van der Waals surface area contributed by atoms with Gasteiger partial charge < -0.3 is 9.84 Å². The van der Waals surface area contributed by atoms with Crippen LogP contribution in [0.25, 0.3) is 17.1 Å². The number of anilines is 1. The van der Waals surface area contributed by atoms with Crippen molar-refractivity contribution in [2.75, 3.05) is 18.4 Å². The summed E-state index contributed by atoms with van der Waals surface area (Å²) in [6.45, 7) is 3.70. The number of benzene rings is 2. The average molecular weight is 551 g/mol. The number of hydrogen-bond donors (Lipinski definition) is 1. The summed E-state index contributed by atoms with van der Waals surface area (Å²) in [5.41, 5.74) is 2.40. The fourth-order valence-corrected chi connectivity index (χ4v) is 5.01. The lowest BCUT2D eigenvalue weighted by Crippen LogP contribution is -2.40. The Labute approximate surface area is 216 Å². The van der Waals surface area contributed by atoms with Crippen LogP contribution in [0.4, 0.5) is 5.69 Å². The van der Waals surface area contributed by atoms with Gasteiger partial charge in [0.05, 0.1) is 23.8 Å². The topological polar surface area (TPSA) is 98.2 Å². The van der Waals surface area contributed by atoms with Crippen LogP contribution in [0, 0.1) is 12.8 Å². The SMILES string of the molecule is Cc1c(NC(=O)C2CCCN(Cc3nc(-c4cccc(Br)c4)no3)C2)c(=O)n(-c2ccccc2)n1C. The highest BCUT2D eigenvalue weighted by Crippen LogP contribution is 2.23. The molecular weight excluding hydrogens is 524 g/mol. The lowest BCUT2D eigenvalue weighted by molar-refractivity contribution is -0.121. The van der Waals surface area contributed by atoms with Crippen molar-refractivity contribution in [2.45, 2.75) is 26.3 Å². The van der Waals surface area contributed by atoms with Crippen molar-refractivity contribution in [3.63, 3.8) is 0 Å². The Morgan fingerprint density at radius 3 is 2.78 bits per heavy atom. The van der Waals surface area contributed by atoms with Gasteiger partial charge in [-0.05, 0) is 50.6 Å². The molecule has 0 spiro atoms. The van der Waals surface area contributed by atoms with E-state index in [9.17, 15) is 9.59 Å². The molecule has 5 rings (SSSR count). The molecule has 1 saturated heterocycles. The molecule has 1 aliphatic heterocycles. The number of amides is 1. The molecule has 1 amide bonds. The number of carbonyl (C=O) groups is 1. The van der Waals surface area contributed by atoms with E-state index in [1.54, 1.807) is 9.36 Å². The number of piperidine rings is 1. The summed E-state index contributed by atoms with van der Waals surface area (Å²) in [6.07, 6.45) is 1.63. The second-order valence-electron chi connectivity index (χ2n) is 9.02. The number of halogens is 1. The molecule has 9 nitrogen and oxygen atoms in total. The molecule has 1 N–H and O–H groups in total. The van der Waals surface area contributed by atoms with Gasteiger partial charge in [0.2, 0.25) is 17.6 Å². The molecule has 10 heteroatoms. The maximum atomic E-state index is 13.2. The number of rotatable bonds is 6. The van der Waals surface area contributed by atoms with Gasteiger partial charge in [0.25, 0.3) is 5.56 Å². The number of nitrogens with one attached hydrogen (secondary N) is 1. The molecule has 1 unspecified atom stereocenters. The maximum Gasteiger partial charge on any atom is 0.295 e. The number of aromatic nitrogens is 4. The van der Waals surface area contributed by atoms with Crippen molar-refractivity contribution < 1.29 is 9.32 Å². The quantitative estimate of drug-likeness (QED) is 0.387. The van der Waals surface area contributed by atoms with Crippen molar-refractivity contribution in [2.24, 2.45) is 13.0 Å². The first-order valence-electron chi connectivity index (χ1n) is 11.9. The molecule has 2 aromatic carbocycles. The van der Waals surface area contributed by atoms with Gasteiger partial charge in [-0.3, -0.25) is 19.2 Å². The van der Waals surface area contributed by atoms with Crippen LogP contribution in [0.3, 0.4) is 0 Å². The van der Waals surface area contributed by atoms with Gasteiger partial charge in [0, 0.05) is 23.6 Å². The zero-order valence-corrected chi connectivity index (χ0v) is 21.7. The van der Waals surface area contributed by atoms with Crippen LogP contribution in [0.15, 0.2) is 68.4 Å². The molecule has 186 valence electrons. The second kappa shape index (κ2) is 10.2. The smallest absolute Gasteiger partial charge is 0.295 e. The summed E-state index contributed by atoms with van der Waals surface area (Å²) in [7, 11) is 1.81. The average Bonchev–Trinajstić information content (AvgIpc) is 3.43. The van der Waals surface area contributed by atoms with Crippen LogP contribution in [0.5, 0.6) is 0 Å². The van der Waals surface area contributed by atoms with Gasteiger partial charge in [0.1, 0.15) is 5.69 Å². The highest BCUT2D eigenvalue weighted by Gasteiger charge is 2.29. The Balaban J connectivity index is 1.26. The lowest BCUT2D eigenvalue weighted by Gasteiger charge is -2.30. The predicted molar refractivity (Wildman–Crippen MR) is 140 cm³/mol. The molecule has 1 atom stereocenters. The van der Waals surface area contributed by atoms with Crippen LogP contribution in [-0.4, -0.2) is 43.4 Å². The van der Waals surface area contributed by atoms with Crippen LogP contribution in [0.1, 0.15) is 24.4 Å². The number of carbonyl (C=O) groups excluding carboxylic acids is 1. The fraction of sp³-hybridized carbons (Fsp3) is 0.308. The van der Waals surface area contributed by atoms with Gasteiger partial charge in [-0.15, -0.1) is 0 Å². The van der Waals surface area contributed by atoms with E-state index < -0.39 is 0 Å². The van der Waals surface area contributed by atoms with Crippen LogP contribution in [-0.2, 0) is 18.4 Å². The number of likely N-dealkylation sites (tertiary alicyclic amines) is 1. The molecular formula is C26H27BrN6O3. The molecule has 3 heterocycles. The molecule has 1 fully saturated rings. The highest BCUT2D eigenvalue weighted by atomic mass is 79.9. The third-order valence-electron chi connectivity index (χ3n) is 6.59. The second-order valence-corrected chi connectivity index (χ2v) is 9.94. The first kappa shape index (κ1) is 24.2. The van der Waals surface area contributed by atoms with Crippen molar-refractivity contribution in [1.82, 2.24) is 24.4 Å². The summed E-state index contributed by atoms with van der Waals surface area (Å²) in [4.78, 5) is 33.0. The van der Waals surface area contributed by atoms with Gasteiger partial charge in [0.15, 0.2) is 0 Å². The number of hydrogen-bond acceptors (Lipinski definition) is 6. The maximum absolute atomic E-state index is 13.2. The monoisotopic (exact) mass is 550 g/mol. The summed E-state index contributed by atoms with van der Waals surface area (Å²) >= 11 is 3.46. The third-order valence-corrected chi connectivity index (χ3v) is 7.08. The van der Waals surface area contributed by atoms with E-state index in [4.69, 9.17) is 4.52 Å². The van der Waals surface area contributed by atoms with Crippen LogP contribution in [0.2, 0.25) is 0 Å². The molecule has 0 bridgehead atoms. The Hall–Kier alpha value is -3.50. The largest absolute Gasteiger partial charge is 0.338 e. The van der Waals surface area contributed by atoms with Crippen molar-refractivity contribution in [1.29, 1.82) is 0 Å². The summed E-state index contributed by atoms with van der Waals surface area (Å²) in [5, 5.41) is 7.02.